The summed E-state index contributed by atoms with van der Waals surface area (Å²) in [5.74, 6) is 0. The van der Waals surface area contributed by atoms with Gasteiger partial charge in [-0.2, -0.15) is 0 Å². The van der Waals surface area contributed by atoms with Crippen molar-refractivity contribution in [2.24, 2.45) is 0 Å². The molecule has 0 saturated heterocycles. The highest BCUT2D eigenvalue weighted by molar-refractivity contribution is 5.06. The van der Waals surface area contributed by atoms with Gasteiger partial charge in [-0.3, -0.25) is 0 Å². The summed E-state index contributed by atoms with van der Waals surface area (Å²) in [4.78, 5) is 0. The molecule has 0 aromatic carbocycles. The Balaban J connectivity index is 3.32. The van der Waals surface area contributed by atoms with Crippen molar-refractivity contribution < 1.29 is 4.74 Å². The molecule has 11 heavy (non-hydrogen) atoms. The predicted molar refractivity (Wildman–Crippen MR) is 49.2 cm³/mol. The molecular weight excluding hydrogens is 136 g/mol. The van der Waals surface area contributed by atoms with Crippen LogP contribution < -0.4 is 0 Å². The Kier molecular flexibility index (Phi) is 6.24. The topological polar surface area (TPSA) is 9.23 Å². The molecule has 1 heteroatoms. The molecule has 0 bridgehead atoms. The van der Waals surface area contributed by atoms with Gasteiger partial charge in [-0.1, -0.05) is 11.1 Å². The average molecular weight is 155 g/mol. The van der Waals surface area contributed by atoms with E-state index in [2.05, 4.69) is 20.8 Å². The molecular formula is C10H19O. The Morgan fingerprint density at radius 1 is 1.27 bits per heavy atom. The molecule has 0 spiro atoms. The lowest BCUT2D eigenvalue weighted by molar-refractivity contribution is 0.201. The van der Waals surface area contributed by atoms with E-state index >= 15 is 0 Å². The molecule has 0 heterocycles. The number of ether oxygens (including phenoxy) is 1. The lowest BCUT2D eigenvalue weighted by Gasteiger charge is -2.03. The van der Waals surface area contributed by atoms with Gasteiger partial charge in [0.1, 0.15) is 0 Å². The van der Waals surface area contributed by atoms with Gasteiger partial charge in [-0.05, 0) is 40.5 Å². The van der Waals surface area contributed by atoms with E-state index in [4.69, 9.17) is 4.74 Å². The Labute approximate surface area is 70.4 Å². The minimum absolute atomic E-state index is 0.848. The molecule has 0 aromatic rings. The van der Waals surface area contributed by atoms with Gasteiger partial charge in [0.15, 0.2) is 0 Å². The van der Waals surface area contributed by atoms with E-state index in [1.807, 2.05) is 6.92 Å². The second-order valence-electron chi connectivity index (χ2n) is 2.99. The van der Waals surface area contributed by atoms with Gasteiger partial charge >= 0.3 is 0 Å². The third-order valence-electron chi connectivity index (χ3n) is 1.83. The van der Waals surface area contributed by atoms with Crippen molar-refractivity contribution in [1.82, 2.24) is 0 Å². The van der Waals surface area contributed by atoms with Crippen LogP contribution in [-0.4, -0.2) is 6.61 Å². The molecule has 0 amide bonds. The molecule has 0 unspecified atom stereocenters. The van der Waals surface area contributed by atoms with E-state index < -0.39 is 0 Å². The normalized spacial score (nSPS) is 9.82. The highest BCUT2D eigenvalue weighted by atomic mass is 16.5. The van der Waals surface area contributed by atoms with Crippen LogP contribution >= 0.6 is 0 Å². The van der Waals surface area contributed by atoms with E-state index in [1.165, 1.54) is 11.1 Å². The van der Waals surface area contributed by atoms with Crippen LogP contribution in [0.15, 0.2) is 11.1 Å². The van der Waals surface area contributed by atoms with Crippen molar-refractivity contribution in [2.45, 2.75) is 40.5 Å². The Morgan fingerprint density at radius 2 is 1.91 bits per heavy atom. The summed E-state index contributed by atoms with van der Waals surface area (Å²) in [5, 5.41) is 0. The molecule has 0 aromatic heterocycles. The number of hydrogen-bond donors (Lipinski definition) is 0. The summed E-state index contributed by atoms with van der Waals surface area (Å²) in [6.45, 7) is 11.0. The van der Waals surface area contributed by atoms with Gasteiger partial charge in [0, 0.05) is 6.61 Å². The third kappa shape index (κ3) is 6.11. The lowest BCUT2D eigenvalue weighted by Crippen LogP contribution is -1.90. The van der Waals surface area contributed by atoms with Crippen LogP contribution in [0, 0.1) is 6.61 Å². The molecule has 65 valence electrons. The van der Waals surface area contributed by atoms with Crippen LogP contribution in [0.5, 0.6) is 0 Å². The van der Waals surface area contributed by atoms with E-state index in [0.717, 1.165) is 19.4 Å². The monoisotopic (exact) mass is 155 g/mol. The van der Waals surface area contributed by atoms with Gasteiger partial charge < -0.3 is 4.74 Å². The summed E-state index contributed by atoms with van der Waals surface area (Å²) in [5.41, 5.74) is 2.93. The maximum Gasteiger partial charge on any atom is 0.0805 e. The summed E-state index contributed by atoms with van der Waals surface area (Å²) in [6.07, 6.45) is 2.29. The zero-order valence-corrected chi connectivity index (χ0v) is 8.11. The molecule has 0 aliphatic heterocycles. The first kappa shape index (κ1) is 10.7. The average Bonchev–Trinajstić information content (AvgIpc) is 1.97. The quantitative estimate of drug-likeness (QED) is 0.437. The van der Waals surface area contributed by atoms with Crippen LogP contribution in [0.3, 0.4) is 0 Å². The molecule has 1 radical (unpaired) electrons. The molecule has 0 N–H and O–H groups in total. The van der Waals surface area contributed by atoms with Crippen molar-refractivity contribution in [1.29, 1.82) is 0 Å². The predicted octanol–water partition coefficient (Wildman–Crippen LogP) is 3.32. The third-order valence-corrected chi connectivity index (χ3v) is 1.83. The van der Waals surface area contributed by atoms with Gasteiger partial charge in [0.2, 0.25) is 0 Å². The summed E-state index contributed by atoms with van der Waals surface area (Å²) < 4.78 is 5.12. The SMILES string of the molecule is C[CH]OCCCC(C)=C(C)C. The Hall–Kier alpha value is -0.300. The van der Waals surface area contributed by atoms with Crippen molar-refractivity contribution in [2.75, 3.05) is 6.61 Å². The van der Waals surface area contributed by atoms with Crippen molar-refractivity contribution in [3.63, 3.8) is 0 Å². The van der Waals surface area contributed by atoms with Crippen molar-refractivity contribution in [3.8, 4) is 0 Å². The highest BCUT2D eigenvalue weighted by Gasteiger charge is 1.92. The maximum atomic E-state index is 5.12. The van der Waals surface area contributed by atoms with Crippen LogP contribution in [0.25, 0.3) is 0 Å². The van der Waals surface area contributed by atoms with Crippen LogP contribution in [0.4, 0.5) is 0 Å². The van der Waals surface area contributed by atoms with E-state index in [0.29, 0.717) is 0 Å². The van der Waals surface area contributed by atoms with Crippen molar-refractivity contribution in [3.05, 3.63) is 17.8 Å². The zero-order chi connectivity index (χ0) is 8.69. The molecule has 0 rings (SSSR count). The standard InChI is InChI=1S/C10H19O/c1-5-11-8-6-7-10(4)9(2)3/h5H,6-8H2,1-4H3. The Bertz CT molecular complexity index is 121. The van der Waals surface area contributed by atoms with E-state index in [1.54, 1.807) is 6.61 Å². The van der Waals surface area contributed by atoms with Crippen molar-refractivity contribution >= 4 is 0 Å². The highest BCUT2D eigenvalue weighted by Crippen LogP contribution is 2.09. The summed E-state index contributed by atoms with van der Waals surface area (Å²) in [7, 11) is 0. The minimum atomic E-state index is 0.848. The fraction of sp³-hybridized carbons (Fsp3) is 0.700. The minimum Gasteiger partial charge on any atom is -0.376 e. The fourth-order valence-electron chi connectivity index (χ4n) is 0.789. The molecule has 0 saturated carbocycles. The van der Waals surface area contributed by atoms with Gasteiger partial charge in [-0.15, -0.1) is 0 Å². The summed E-state index contributed by atoms with van der Waals surface area (Å²) in [6, 6.07) is 0. The Morgan fingerprint density at radius 3 is 2.36 bits per heavy atom. The molecule has 0 atom stereocenters. The smallest absolute Gasteiger partial charge is 0.0805 e. The summed E-state index contributed by atoms with van der Waals surface area (Å²) >= 11 is 0. The lowest BCUT2D eigenvalue weighted by atomic mass is 10.1. The first-order valence-corrected chi connectivity index (χ1v) is 4.21. The molecule has 0 aliphatic rings. The molecule has 1 nitrogen and oxygen atoms in total. The molecule has 0 aliphatic carbocycles. The number of hydrogen-bond acceptors (Lipinski definition) is 1. The maximum absolute atomic E-state index is 5.12. The van der Waals surface area contributed by atoms with Crippen LogP contribution in [-0.2, 0) is 4.74 Å². The van der Waals surface area contributed by atoms with Gasteiger partial charge in [-0.25, -0.2) is 0 Å². The van der Waals surface area contributed by atoms with Crippen LogP contribution in [0.1, 0.15) is 40.5 Å². The largest absolute Gasteiger partial charge is 0.376 e. The van der Waals surface area contributed by atoms with Gasteiger partial charge in [0.05, 0.1) is 6.61 Å². The number of allylic oxidation sites excluding steroid dienone is 2. The fourth-order valence-corrected chi connectivity index (χ4v) is 0.789. The van der Waals surface area contributed by atoms with Crippen LogP contribution in [0.2, 0.25) is 0 Å². The molecule has 0 fully saturated rings. The van der Waals surface area contributed by atoms with Gasteiger partial charge in [0.25, 0.3) is 0 Å². The van der Waals surface area contributed by atoms with E-state index in [-0.39, 0.29) is 0 Å². The first-order valence-electron chi connectivity index (χ1n) is 4.21. The second kappa shape index (κ2) is 6.41. The first-order chi connectivity index (χ1) is 5.18. The second-order valence-corrected chi connectivity index (χ2v) is 2.99. The zero-order valence-electron chi connectivity index (χ0n) is 8.11. The number of rotatable bonds is 5. The van der Waals surface area contributed by atoms with E-state index in [9.17, 15) is 0 Å².